The summed E-state index contributed by atoms with van der Waals surface area (Å²) in [6.07, 6.45) is 2.08. The lowest BCUT2D eigenvalue weighted by atomic mass is 9.92. The molecule has 16 heavy (non-hydrogen) atoms. The monoisotopic (exact) mass is 242 g/mol. The molecule has 0 amide bonds. The van der Waals surface area contributed by atoms with E-state index < -0.39 is 0 Å². The van der Waals surface area contributed by atoms with Crippen LogP contribution in [0.4, 0.5) is 10.1 Å². The first-order valence-electron chi connectivity index (χ1n) is 5.47. The van der Waals surface area contributed by atoms with Crippen molar-refractivity contribution >= 4 is 17.3 Å². The maximum Gasteiger partial charge on any atom is 0.141 e. The molecule has 1 saturated heterocycles. The molecule has 2 N–H and O–H groups in total. The average molecular weight is 243 g/mol. The summed E-state index contributed by atoms with van der Waals surface area (Å²) in [6.45, 7) is 3.79. The minimum Gasteiger partial charge on any atom is -0.370 e. The predicted molar refractivity (Wildman–Crippen MR) is 65.4 cm³/mol. The highest BCUT2D eigenvalue weighted by molar-refractivity contribution is 6.31. The second kappa shape index (κ2) is 4.22. The summed E-state index contributed by atoms with van der Waals surface area (Å²) < 4.78 is 13.0. The normalized spacial score (nSPS) is 25.9. The van der Waals surface area contributed by atoms with Gasteiger partial charge in [-0.2, -0.15) is 0 Å². The minimum absolute atomic E-state index is 0.168. The van der Waals surface area contributed by atoms with Crippen molar-refractivity contribution in [1.82, 2.24) is 0 Å². The van der Waals surface area contributed by atoms with Gasteiger partial charge in [0.1, 0.15) is 5.82 Å². The molecule has 1 heterocycles. The fourth-order valence-electron chi connectivity index (χ4n) is 2.17. The Bertz CT molecular complexity index is 393. The van der Waals surface area contributed by atoms with Gasteiger partial charge in [-0.15, -0.1) is 0 Å². The van der Waals surface area contributed by atoms with E-state index in [1.807, 2.05) is 6.92 Å². The summed E-state index contributed by atoms with van der Waals surface area (Å²) in [5.74, 6) is -0.377. The molecule has 88 valence electrons. The molecule has 0 saturated carbocycles. The highest BCUT2D eigenvalue weighted by atomic mass is 35.5. The number of rotatable bonds is 1. The van der Waals surface area contributed by atoms with Gasteiger partial charge in [0.15, 0.2) is 0 Å². The van der Waals surface area contributed by atoms with Crippen LogP contribution in [0.25, 0.3) is 0 Å². The minimum atomic E-state index is -0.377. The molecule has 1 aromatic carbocycles. The van der Waals surface area contributed by atoms with Crippen molar-refractivity contribution in [2.45, 2.75) is 25.3 Å². The van der Waals surface area contributed by atoms with E-state index in [0.717, 1.165) is 31.6 Å². The third kappa shape index (κ3) is 2.47. The van der Waals surface area contributed by atoms with Crippen molar-refractivity contribution < 1.29 is 4.39 Å². The van der Waals surface area contributed by atoms with Gasteiger partial charge in [0.25, 0.3) is 0 Å². The van der Waals surface area contributed by atoms with Crippen molar-refractivity contribution in [2.75, 3.05) is 18.0 Å². The van der Waals surface area contributed by atoms with Crippen LogP contribution in [0, 0.1) is 5.82 Å². The van der Waals surface area contributed by atoms with Crippen molar-refractivity contribution in [3.8, 4) is 0 Å². The lowest BCUT2D eigenvalue weighted by molar-refractivity contribution is 0.375. The molecular formula is C12H16ClFN2. The Labute approximate surface area is 100 Å². The Kier molecular flexibility index (Phi) is 3.08. The fraction of sp³-hybridized carbons (Fsp3) is 0.500. The van der Waals surface area contributed by atoms with Crippen LogP contribution in [0.5, 0.6) is 0 Å². The quantitative estimate of drug-likeness (QED) is 0.821. The average Bonchev–Trinajstić information content (AvgIpc) is 2.20. The Hall–Kier alpha value is -0.800. The molecule has 0 spiro atoms. The number of nitrogens with zero attached hydrogens (tertiary/aromatic N) is 1. The molecule has 1 aliphatic heterocycles. The molecule has 4 heteroatoms. The smallest absolute Gasteiger partial charge is 0.141 e. The summed E-state index contributed by atoms with van der Waals surface area (Å²) in [4.78, 5) is 2.16. The molecule has 1 aromatic rings. The van der Waals surface area contributed by atoms with Crippen molar-refractivity contribution in [1.29, 1.82) is 0 Å². The van der Waals surface area contributed by atoms with Crippen LogP contribution in [0.3, 0.4) is 0 Å². The molecular weight excluding hydrogens is 227 g/mol. The number of hydrogen-bond acceptors (Lipinski definition) is 2. The summed E-state index contributed by atoms with van der Waals surface area (Å²) in [5, 5.41) is 0.168. The van der Waals surface area contributed by atoms with Gasteiger partial charge in [-0.25, -0.2) is 4.39 Å². The van der Waals surface area contributed by atoms with E-state index in [1.54, 1.807) is 12.1 Å². The Morgan fingerprint density at radius 3 is 2.88 bits per heavy atom. The van der Waals surface area contributed by atoms with Crippen LogP contribution in [0.2, 0.25) is 5.02 Å². The number of nitrogens with two attached hydrogens (primary N) is 1. The zero-order valence-corrected chi connectivity index (χ0v) is 10.1. The van der Waals surface area contributed by atoms with Crippen LogP contribution in [0.1, 0.15) is 19.8 Å². The second-order valence-electron chi connectivity index (χ2n) is 4.78. The molecule has 2 nitrogen and oxygen atoms in total. The highest BCUT2D eigenvalue weighted by Crippen LogP contribution is 2.27. The van der Waals surface area contributed by atoms with Crippen LogP contribution < -0.4 is 10.6 Å². The maximum atomic E-state index is 13.0. The molecule has 1 atom stereocenters. The van der Waals surface area contributed by atoms with Crippen LogP contribution >= 0.6 is 11.6 Å². The molecule has 1 aliphatic rings. The van der Waals surface area contributed by atoms with E-state index >= 15 is 0 Å². The summed E-state index contributed by atoms with van der Waals surface area (Å²) in [6, 6.07) is 4.82. The molecule has 0 bridgehead atoms. The third-order valence-electron chi connectivity index (χ3n) is 3.00. The van der Waals surface area contributed by atoms with Crippen LogP contribution in [0.15, 0.2) is 18.2 Å². The van der Waals surface area contributed by atoms with Crippen molar-refractivity contribution in [2.24, 2.45) is 5.73 Å². The van der Waals surface area contributed by atoms with Gasteiger partial charge in [0.2, 0.25) is 0 Å². The highest BCUT2D eigenvalue weighted by Gasteiger charge is 2.27. The molecule has 0 aliphatic carbocycles. The molecule has 0 radical (unpaired) electrons. The zero-order valence-electron chi connectivity index (χ0n) is 9.34. The number of hydrogen-bond donors (Lipinski definition) is 1. The molecule has 0 aromatic heterocycles. The lowest BCUT2D eigenvalue weighted by Gasteiger charge is -2.39. The fourth-order valence-corrected chi connectivity index (χ4v) is 2.34. The van der Waals surface area contributed by atoms with Crippen molar-refractivity contribution in [3.05, 3.63) is 29.0 Å². The Balaban J connectivity index is 2.20. The molecule has 1 fully saturated rings. The van der Waals surface area contributed by atoms with Gasteiger partial charge in [-0.1, -0.05) is 11.6 Å². The first kappa shape index (κ1) is 11.7. The van der Waals surface area contributed by atoms with E-state index in [2.05, 4.69) is 4.90 Å². The van der Waals surface area contributed by atoms with Gasteiger partial charge >= 0.3 is 0 Å². The number of halogens is 2. The number of anilines is 1. The zero-order chi connectivity index (χ0) is 11.8. The molecule has 1 unspecified atom stereocenters. The standard InChI is InChI=1S/C12H16ClFN2/c1-12(15)5-2-6-16(8-12)9-3-4-11(14)10(13)7-9/h3-4,7H,2,5-6,8,15H2,1H3. The summed E-state index contributed by atoms with van der Waals surface area (Å²) >= 11 is 5.77. The number of piperidine rings is 1. The first-order valence-corrected chi connectivity index (χ1v) is 5.85. The van der Waals surface area contributed by atoms with Gasteiger partial charge in [0, 0.05) is 24.3 Å². The van der Waals surface area contributed by atoms with Crippen LogP contribution in [-0.2, 0) is 0 Å². The van der Waals surface area contributed by atoms with Crippen molar-refractivity contribution in [3.63, 3.8) is 0 Å². The van der Waals surface area contributed by atoms with E-state index in [4.69, 9.17) is 17.3 Å². The summed E-state index contributed by atoms with van der Waals surface area (Å²) in [5.41, 5.74) is 6.90. The van der Waals surface area contributed by atoms with E-state index in [0.29, 0.717) is 0 Å². The Morgan fingerprint density at radius 1 is 1.50 bits per heavy atom. The maximum absolute atomic E-state index is 13.0. The summed E-state index contributed by atoms with van der Waals surface area (Å²) in [7, 11) is 0. The van der Waals surface area contributed by atoms with E-state index in [1.165, 1.54) is 6.07 Å². The topological polar surface area (TPSA) is 29.3 Å². The first-order chi connectivity index (χ1) is 7.48. The predicted octanol–water partition coefficient (Wildman–Crippen LogP) is 2.80. The largest absolute Gasteiger partial charge is 0.370 e. The van der Waals surface area contributed by atoms with Crippen LogP contribution in [-0.4, -0.2) is 18.6 Å². The number of benzene rings is 1. The SMILES string of the molecule is CC1(N)CCCN(c2ccc(F)c(Cl)c2)C1. The second-order valence-corrected chi connectivity index (χ2v) is 5.18. The van der Waals surface area contributed by atoms with Gasteiger partial charge < -0.3 is 10.6 Å². The van der Waals surface area contributed by atoms with E-state index in [-0.39, 0.29) is 16.4 Å². The van der Waals surface area contributed by atoms with Gasteiger partial charge in [-0.05, 0) is 38.0 Å². The third-order valence-corrected chi connectivity index (χ3v) is 3.29. The lowest BCUT2D eigenvalue weighted by Crippen LogP contribution is -2.52. The Morgan fingerprint density at radius 2 is 2.25 bits per heavy atom. The van der Waals surface area contributed by atoms with E-state index in [9.17, 15) is 4.39 Å². The molecule has 2 rings (SSSR count). The van der Waals surface area contributed by atoms with Gasteiger partial charge in [0.05, 0.1) is 5.02 Å². The van der Waals surface area contributed by atoms with Gasteiger partial charge in [-0.3, -0.25) is 0 Å².